The first-order chi connectivity index (χ1) is 20.1. The van der Waals surface area contributed by atoms with Crippen molar-refractivity contribution < 1.29 is 9.53 Å². The van der Waals surface area contributed by atoms with Crippen molar-refractivity contribution in [2.45, 2.75) is 64.2 Å². The lowest BCUT2D eigenvalue weighted by Gasteiger charge is -2.26. The average molecular weight is 549 g/mol. The number of carbonyl (C=O) groups excluding carboxylic acids is 1. The van der Waals surface area contributed by atoms with Crippen molar-refractivity contribution in [3.63, 3.8) is 0 Å². The molecule has 2 aliphatic rings. The van der Waals surface area contributed by atoms with E-state index >= 15 is 0 Å². The number of carbonyl (C=O) groups is 1. The molecular weight excluding hydrogens is 508 g/mol. The van der Waals surface area contributed by atoms with Gasteiger partial charge in [0.15, 0.2) is 0 Å². The lowest BCUT2D eigenvalue weighted by Crippen LogP contribution is -2.27. The maximum atomic E-state index is 12.3. The second kappa shape index (κ2) is 11.9. The van der Waals surface area contributed by atoms with Crippen molar-refractivity contribution in [3.05, 3.63) is 100 Å². The molecule has 1 saturated heterocycles. The highest BCUT2D eigenvalue weighted by atomic mass is 16.5. The first kappa shape index (κ1) is 27.3. The first-order valence-electron chi connectivity index (χ1n) is 15.1. The quantitative estimate of drug-likeness (QED) is 0.243. The van der Waals surface area contributed by atoms with E-state index in [-0.39, 0.29) is 11.4 Å². The third kappa shape index (κ3) is 5.41. The summed E-state index contributed by atoms with van der Waals surface area (Å²) in [6.45, 7) is 6.61. The molecule has 0 amide bonds. The summed E-state index contributed by atoms with van der Waals surface area (Å²) in [4.78, 5) is 12.3. The maximum absolute atomic E-state index is 12.3. The summed E-state index contributed by atoms with van der Waals surface area (Å²) < 4.78 is 6.76. The zero-order valence-electron chi connectivity index (χ0n) is 24.2. The molecule has 3 aromatic carbocycles. The van der Waals surface area contributed by atoms with Crippen LogP contribution in [0.1, 0.15) is 83.1 Å². The smallest absolute Gasteiger partial charge is 0.343 e. The summed E-state index contributed by atoms with van der Waals surface area (Å²) in [6.07, 6.45) is 8.36. The molecule has 0 radical (unpaired) electrons. The lowest BCUT2D eigenvalue weighted by atomic mass is 9.83. The van der Waals surface area contributed by atoms with Gasteiger partial charge in [-0.15, -0.1) is 0 Å². The summed E-state index contributed by atoms with van der Waals surface area (Å²) >= 11 is 0. The molecule has 0 unspecified atom stereocenters. The lowest BCUT2D eigenvalue weighted by molar-refractivity contribution is 0.0527. The van der Waals surface area contributed by atoms with E-state index in [1.165, 1.54) is 53.3 Å². The van der Waals surface area contributed by atoms with E-state index in [0.29, 0.717) is 18.4 Å². The second-order valence-corrected chi connectivity index (χ2v) is 11.4. The van der Waals surface area contributed by atoms with Crippen LogP contribution >= 0.6 is 0 Å². The van der Waals surface area contributed by atoms with Crippen molar-refractivity contribution in [1.29, 1.82) is 0 Å². The molecule has 4 aromatic rings. The highest BCUT2D eigenvalue weighted by Gasteiger charge is 2.27. The number of anilines is 1. The Morgan fingerprint density at radius 3 is 2.68 bits per heavy atom. The number of aryl methyl sites for hydroxylation is 2. The van der Waals surface area contributed by atoms with Gasteiger partial charge in [0.2, 0.25) is 0 Å². The molecule has 0 spiro atoms. The Morgan fingerprint density at radius 1 is 1.05 bits per heavy atom. The second-order valence-electron chi connectivity index (χ2n) is 11.4. The molecule has 0 saturated carbocycles. The largest absolute Gasteiger partial charge is 0.462 e. The number of nitrogens with zero attached hydrogens (tertiary/aromatic N) is 2. The minimum absolute atomic E-state index is 0.288. The fourth-order valence-corrected chi connectivity index (χ4v) is 6.89. The highest BCUT2D eigenvalue weighted by molar-refractivity contribution is 5.94. The minimum atomic E-state index is -0.453. The highest BCUT2D eigenvalue weighted by Crippen LogP contribution is 2.42. The van der Waals surface area contributed by atoms with Crippen LogP contribution < -0.4 is 11.1 Å². The first-order valence-corrected chi connectivity index (χ1v) is 15.1. The molecule has 6 rings (SSSR count). The molecule has 1 aliphatic carbocycles. The number of esters is 1. The third-order valence-electron chi connectivity index (χ3n) is 8.92. The van der Waals surface area contributed by atoms with Gasteiger partial charge in [-0.3, -0.25) is 0 Å². The Labute approximate surface area is 242 Å². The van der Waals surface area contributed by atoms with Gasteiger partial charge in [0.05, 0.1) is 18.5 Å². The fourth-order valence-electron chi connectivity index (χ4n) is 6.89. The number of ether oxygens (including phenoxy) is 1. The van der Waals surface area contributed by atoms with Crippen molar-refractivity contribution in [3.8, 4) is 16.8 Å². The van der Waals surface area contributed by atoms with Gasteiger partial charge in [-0.1, -0.05) is 55.5 Å². The van der Waals surface area contributed by atoms with Crippen LogP contribution in [-0.4, -0.2) is 35.4 Å². The van der Waals surface area contributed by atoms with E-state index in [9.17, 15) is 4.79 Å². The summed E-state index contributed by atoms with van der Waals surface area (Å²) in [7, 11) is 0. The molecule has 1 fully saturated rings. The Hall–Kier alpha value is -3.90. The topological polar surface area (TPSA) is 82.2 Å². The molecule has 41 heavy (non-hydrogen) atoms. The third-order valence-corrected chi connectivity index (χ3v) is 8.92. The van der Waals surface area contributed by atoms with E-state index in [0.717, 1.165) is 43.6 Å². The Balaban J connectivity index is 1.29. The number of nitrogens with two attached hydrogens (primary N) is 1. The van der Waals surface area contributed by atoms with Gasteiger partial charge in [-0.2, -0.15) is 5.10 Å². The Morgan fingerprint density at radius 2 is 1.88 bits per heavy atom. The van der Waals surface area contributed by atoms with Crippen LogP contribution in [-0.2, 0) is 24.0 Å². The van der Waals surface area contributed by atoms with Gasteiger partial charge in [0.1, 0.15) is 11.4 Å². The van der Waals surface area contributed by atoms with Gasteiger partial charge < -0.3 is 15.8 Å². The van der Waals surface area contributed by atoms with Crippen molar-refractivity contribution in [1.82, 2.24) is 15.1 Å². The number of benzene rings is 3. The molecule has 6 nitrogen and oxygen atoms in total. The summed E-state index contributed by atoms with van der Waals surface area (Å²) in [6, 6.07) is 22.3. The van der Waals surface area contributed by atoms with E-state index in [1.807, 2.05) is 12.1 Å². The normalized spacial score (nSPS) is 17.0. The van der Waals surface area contributed by atoms with Crippen LogP contribution in [0.5, 0.6) is 0 Å². The molecular formula is C35H40N4O2. The summed E-state index contributed by atoms with van der Waals surface area (Å²) in [5, 5.41) is 7.92. The summed E-state index contributed by atoms with van der Waals surface area (Å²) in [5.74, 6) is 0.996. The minimum Gasteiger partial charge on any atom is -0.462 e. The van der Waals surface area contributed by atoms with Gasteiger partial charge in [0, 0.05) is 0 Å². The standard InChI is InChI=1S/C35H40N4O2/c1-3-24-19-23(11-14-30(24)25-15-17-37-18-16-25)20-28-13-12-26-7-6-10-31(33(26)28)27-8-5-9-29(21-27)39-34(36)32(22-38-39)35(40)41-4-2/h5-11,14,19,21-22,25,28,37H,3-4,12-13,15-18,20,36H2,1-2H3/t28-/m1/s1. The van der Waals surface area contributed by atoms with Gasteiger partial charge in [-0.25, -0.2) is 9.48 Å². The van der Waals surface area contributed by atoms with Crippen molar-refractivity contribution in [2.75, 3.05) is 25.4 Å². The van der Waals surface area contributed by atoms with Crippen LogP contribution in [0.2, 0.25) is 0 Å². The number of hydrogen-bond acceptors (Lipinski definition) is 5. The van der Waals surface area contributed by atoms with E-state index in [1.54, 1.807) is 17.2 Å². The molecule has 3 N–H and O–H groups in total. The monoisotopic (exact) mass is 548 g/mol. The van der Waals surface area contributed by atoms with Crippen LogP contribution in [0.15, 0.2) is 66.9 Å². The number of nitrogens with one attached hydrogen (secondary N) is 1. The van der Waals surface area contributed by atoms with E-state index < -0.39 is 5.97 Å². The molecule has 6 heteroatoms. The molecule has 0 bridgehead atoms. The number of nitrogen functional groups attached to an aromatic ring is 1. The van der Waals surface area contributed by atoms with Crippen LogP contribution in [0.3, 0.4) is 0 Å². The number of fused-ring (bicyclic) bond motifs is 1. The zero-order chi connectivity index (χ0) is 28.3. The van der Waals surface area contributed by atoms with Crippen LogP contribution in [0, 0.1) is 0 Å². The molecule has 1 aliphatic heterocycles. The fraction of sp³-hybridized carbons (Fsp3) is 0.371. The Kier molecular flexibility index (Phi) is 7.93. The average Bonchev–Trinajstić information content (AvgIpc) is 3.61. The van der Waals surface area contributed by atoms with Crippen LogP contribution in [0.25, 0.3) is 16.8 Å². The molecule has 212 valence electrons. The van der Waals surface area contributed by atoms with Crippen LogP contribution in [0.4, 0.5) is 5.82 Å². The summed E-state index contributed by atoms with van der Waals surface area (Å²) in [5.41, 5.74) is 17.3. The van der Waals surface area contributed by atoms with Gasteiger partial charge in [-0.05, 0) is 121 Å². The number of hydrogen-bond donors (Lipinski definition) is 2. The van der Waals surface area contributed by atoms with Crippen molar-refractivity contribution in [2.24, 2.45) is 0 Å². The Bertz CT molecular complexity index is 1550. The van der Waals surface area contributed by atoms with E-state index in [2.05, 4.69) is 65.9 Å². The number of piperidine rings is 1. The number of aromatic nitrogens is 2. The predicted octanol–water partition coefficient (Wildman–Crippen LogP) is 6.60. The zero-order valence-corrected chi connectivity index (χ0v) is 24.2. The molecule has 1 aromatic heterocycles. The molecule has 2 heterocycles. The van der Waals surface area contributed by atoms with Crippen molar-refractivity contribution >= 4 is 11.8 Å². The van der Waals surface area contributed by atoms with E-state index in [4.69, 9.17) is 10.5 Å². The van der Waals surface area contributed by atoms with Gasteiger partial charge >= 0.3 is 5.97 Å². The maximum Gasteiger partial charge on any atom is 0.343 e. The number of rotatable bonds is 8. The predicted molar refractivity (Wildman–Crippen MR) is 165 cm³/mol. The SMILES string of the molecule is CCOC(=O)c1cnn(-c2cccc(-c3cccc4c3[C@@H](Cc3ccc(C5CCNCC5)c(CC)c3)CC4)c2)c1N. The molecule has 1 atom stereocenters. The van der Waals surface area contributed by atoms with Gasteiger partial charge in [0.25, 0.3) is 0 Å².